The molecule has 4 N–H and O–H groups in total. The van der Waals surface area contributed by atoms with Gasteiger partial charge in [-0.25, -0.2) is 0 Å². The van der Waals surface area contributed by atoms with Crippen LogP contribution in [0.25, 0.3) is 0 Å². The van der Waals surface area contributed by atoms with Gasteiger partial charge in [0.15, 0.2) is 0 Å². The van der Waals surface area contributed by atoms with Gasteiger partial charge in [0.2, 0.25) is 0 Å². The minimum Gasteiger partial charge on any atom is -0.394 e. The summed E-state index contributed by atoms with van der Waals surface area (Å²) in [5, 5.41) is 18.5. The maximum atomic E-state index is 9.63. The van der Waals surface area contributed by atoms with E-state index < -0.39 is 18.3 Å². The summed E-state index contributed by atoms with van der Waals surface area (Å²) in [6.07, 6.45) is -2.15. The molecule has 0 aromatic rings. The number of hydrogen-bond acceptors (Lipinski definition) is 5. The van der Waals surface area contributed by atoms with Crippen molar-refractivity contribution in [3.63, 3.8) is 0 Å². The van der Waals surface area contributed by atoms with Crippen molar-refractivity contribution < 1.29 is 19.7 Å². The first-order valence-corrected chi connectivity index (χ1v) is 4.34. The molecule has 5 atom stereocenters. The predicted molar refractivity (Wildman–Crippen MR) is 46.2 cm³/mol. The van der Waals surface area contributed by atoms with Crippen LogP contribution in [0.5, 0.6) is 0 Å². The Morgan fingerprint density at radius 2 is 2.15 bits per heavy atom. The zero-order valence-electron chi connectivity index (χ0n) is 7.88. The van der Waals surface area contributed by atoms with Crippen LogP contribution < -0.4 is 5.73 Å². The third-order valence-corrected chi connectivity index (χ3v) is 2.48. The van der Waals surface area contributed by atoms with Gasteiger partial charge in [-0.05, 0) is 6.92 Å². The van der Waals surface area contributed by atoms with Crippen LogP contribution in [0.3, 0.4) is 0 Å². The summed E-state index contributed by atoms with van der Waals surface area (Å²) in [6, 6.07) is -0.359. The lowest BCUT2D eigenvalue weighted by atomic mass is 9.94. The summed E-state index contributed by atoms with van der Waals surface area (Å²) in [7, 11) is 1.49. The highest BCUT2D eigenvalue weighted by Crippen LogP contribution is 2.21. The molecule has 5 nitrogen and oxygen atoms in total. The molecule has 0 aliphatic carbocycles. The Morgan fingerprint density at radius 3 is 2.62 bits per heavy atom. The zero-order valence-corrected chi connectivity index (χ0v) is 7.88. The number of aliphatic hydroxyl groups excluding tert-OH is 2. The number of rotatable bonds is 2. The third-order valence-electron chi connectivity index (χ3n) is 2.48. The minimum atomic E-state index is -0.860. The lowest BCUT2D eigenvalue weighted by molar-refractivity contribution is -0.191. The number of aliphatic hydroxyl groups is 2. The summed E-state index contributed by atoms with van der Waals surface area (Å²) in [4.78, 5) is 0. The largest absolute Gasteiger partial charge is 0.394 e. The van der Waals surface area contributed by atoms with Crippen molar-refractivity contribution in [1.82, 2.24) is 0 Å². The molecule has 78 valence electrons. The molecule has 1 fully saturated rings. The number of ether oxygens (including phenoxy) is 2. The Labute approximate surface area is 77.4 Å². The SMILES string of the molecule is COC1C(N)C(C)OC(CO)C1O. The van der Waals surface area contributed by atoms with Gasteiger partial charge in [-0.3, -0.25) is 0 Å². The second-order valence-electron chi connectivity index (χ2n) is 3.33. The number of nitrogens with two attached hydrogens (primary N) is 1. The van der Waals surface area contributed by atoms with Gasteiger partial charge in [-0.1, -0.05) is 0 Å². The van der Waals surface area contributed by atoms with Crippen LogP contribution in [0.4, 0.5) is 0 Å². The summed E-state index contributed by atoms with van der Waals surface area (Å²) >= 11 is 0. The molecule has 0 saturated carbocycles. The van der Waals surface area contributed by atoms with Crippen molar-refractivity contribution in [3.8, 4) is 0 Å². The fourth-order valence-corrected chi connectivity index (χ4v) is 1.60. The molecule has 1 rings (SSSR count). The van der Waals surface area contributed by atoms with Gasteiger partial charge in [0, 0.05) is 7.11 Å². The summed E-state index contributed by atoms with van der Waals surface area (Å²) < 4.78 is 10.3. The smallest absolute Gasteiger partial charge is 0.110 e. The molecule has 1 heterocycles. The first-order valence-electron chi connectivity index (χ1n) is 4.34. The van der Waals surface area contributed by atoms with E-state index >= 15 is 0 Å². The monoisotopic (exact) mass is 191 g/mol. The molecule has 0 aromatic heterocycles. The Kier molecular flexibility index (Phi) is 3.63. The predicted octanol–water partition coefficient (Wildman–Crippen LogP) is -1.53. The van der Waals surface area contributed by atoms with E-state index in [9.17, 15) is 5.11 Å². The van der Waals surface area contributed by atoms with Crippen molar-refractivity contribution in [1.29, 1.82) is 0 Å². The van der Waals surface area contributed by atoms with Crippen LogP contribution in [0.1, 0.15) is 6.92 Å². The molecule has 1 aliphatic heterocycles. The summed E-state index contributed by atoms with van der Waals surface area (Å²) in [5.74, 6) is 0. The topological polar surface area (TPSA) is 84.9 Å². The van der Waals surface area contributed by atoms with Gasteiger partial charge in [0.1, 0.15) is 18.3 Å². The molecule has 13 heavy (non-hydrogen) atoms. The van der Waals surface area contributed by atoms with Crippen LogP contribution in [0.2, 0.25) is 0 Å². The van der Waals surface area contributed by atoms with Crippen LogP contribution in [0.15, 0.2) is 0 Å². The second-order valence-corrected chi connectivity index (χ2v) is 3.33. The van der Waals surface area contributed by atoms with E-state index in [1.165, 1.54) is 7.11 Å². The van der Waals surface area contributed by atoms with Gasteiger partial charge in [-0.15, -0.1) is 0 Å². The quantitative estimate of drug-likeness (QED) is 0.493. The Morgan fingerprint density at radius 1 is 1.54 bits per heavy atom. The lowest BCUT2D eigenvalue weighted by Crippen LogP contribution is -2.61. The molecule has 0 amide bonds. The average Bonchev–Trinajstić information content (AvgIpc) is 2.12. The minimum absolute atomic E-state index is 0.217. The lowest BCUT2D eigenvalue weighted by Gasteiger charge is -2.41. The van der Waals surface area contributed by atoms with E-state index in [1.54, 1.807) is 6.92 Å². The normalized spacial score (nSPS) is 46.4. The van der Waals surface area contributed by atoms with Crippen LogP contribution in [0, 0.1) is 0 Å². The van der Waals surface area contributed by atoms with Gasteiger partial charge >= 0.3 is 0 Å². The Balaban J connectivity index is 2.69. The van der Waals surface area contributed by atoms with E-state index in [-0.39, 0.29) is 18.8 Å². The van der Waals surface area contributed by atoms with Crippen molar-refractivity contribution in [2.45, 2.75) is 37.4 Å². The number of methoxy groups -OCH3 is 1. The van der Waals surface area contributed by atoms with Crippen LogP contribution >= 0.6 is 0 Å². The first-order chi connectivity index (χ1) is 6.11. The molecular formula is C8H17NO4. The molecule has 0 aromatic carbocycles. The van der Waals surface area contributed by atoms with Crippen molar-refractivity contribution in [2.75, 3.05) is 13.7 Å². The average molecular weight is 191 g/mol. The number of hydrogen-bond donors (Lipinski definition) is 3. The van der Waals surface area contributed by atoms with E-state index in [0.717, 1.165) is 0 Å². The molecule has 5 heteroatoms. The van der Waals surface area contributed by atoms with Gasteiger partial charge < -0.3 is 25.4 Å². The molecule has 1 saturated heterocycles. The zero-order chi connectivity index (χ0) is 10.0. The molecule has 0 radical (unpaired) electrons. The van der Waals surface area contributed by atoms with Crippen molar-refractivity contribution in [3.05, 3.63) is 0 Å². The highest BCUT2D eigenvalue weighted by molar-refractivity contribution is 4.93. The first kappa shape index (κ1) is 10.9. The molecular weight excluding hydrogens is 174 g/mol. The van der Waals surface area contributed by atoms with E-state index in [2.05, 4.69) is 0 Å². The maximum absolute atomic E-state index is 9.63. The van der Waals surface area contributed by atoms with Crippen molar-refractivity contribution >= 4 is 0 Å². The van der Waals surface area contributed by atoms with Gasteiger partial charge in [-0.2, -0.15) is 0 Å². The second kappa shape index (κ2) is 4.34. The molecule has 0 spiro atoms. The standard InChI is InChI=1S/C8H17NO4/c1-4-6(9)8(12-2)7(11)5(3-10)13-4/h4-8,10-11H,3,9H2,1-2H3. The molecule has 1 aliphatic rings. The van der Waals surface area contributed by atoms with Gasteiger partial charge in [0.05, 0.1) is 18.8 Å². The maximum Gasteiger partial charge on any atom is 0.110 e. The fraction of sp³-hybridized carbons (Fsp3) is 1.00. The molecule has 5 unspecified atom stereocenters. The Bertz CT molecular complexity index is 166. The third kappa shape index (κ3) is 2.00. The highest BCUT2D eigenvalue weighted by Gasteiger charge is 2.41. The van der Waals surface area contributed by atoms with Crippen LogP contribution in [-0.2, 0) is 9.47 Å². The van der Waals surface area contributed by atoms with E-state index in [4.69, 9.17) is 20.3 Å². The fourth-order valence-electron chi connectivity index (χ4n) is 1.60. The van der Waals surface area contributed by atoms with Crippen LogP contribution in [-0.4, -0.2) is 54.4 Å². The summed E-state index contributed by atoms with van der Waals surface area (Å²) in [6.45, 7) is 1.57. The molecule has 0 bridgehead atoms. The van der Waals surface area contributed by atoms with E-state index in [1.807, 2.05) is 0 Å². The van der Waals surface area contributed by atoms with E-state index in [0.29, 0.717) is 0 Å². The summed E-state index contributed by atoms with van der Waals surface area (Å²) in [5.41, 5.74) is 5.75. The Hall–Kier alpha value is -0.200. The van der Waals surface area contributed by atoms with Gasteiger partial charge in [0.25, 0.3) is 0 Å². The van der Waals surface area contributed by atoms with Crippen molar-refractivity contribution in [2.24, 2.45) is 5.73 Å². The highest BCUT2D eigenvalue weighted by atomic mass is 16.5.